The van der Waals surface area contributed by atoms with Gasteiger partial charge < -0.3 is 10.1 Å². The van der Waals surface area contributed by atoms with E-state index in [2.05, 4.69) is 21.2 Å². The van der Waals surface area contributed by atoms with Crippen LogP contribution in [0, 0.1) is 6.92 Å². The third kappa shape index (κ3) is 5.41. The number of benzene rings is 3. The summed E-state index contributed by atoms with van der Waals surface area (Å²) in [4.78, 5) is 26.4. The van der Waals surface area contributed by atoms with Gasteiger partial charge in [-0.3, -0.25) is 9.69 Å². The Bertz CT molecular complexity index is 1250. The van der Waals surface area contributed by atoms with Gasteiger partial charge in [0.1, 0.15) is 12.3 Å². The molecule has 0 radical (unpaired) electrons. The van der Waals surface area contributed by atoms with E-state index < -0.39 is 11.9 Å². The quantitative estimate of drug-likeness (QED) is 0.276. The number of imide groups is 1. The summed E-state index contributed by atoms with van der Waals surface area (Å²) in [5, 5.41) is 3.60. The summed E-state index contributed by atoms with van der Waals surface area (Å²) in [6.45, 7) is 2.41. The van der Waals surface area contributed by atoms with Crippen LogP contribution in [0.5, 0.6) is 5.75 Å². The molecule has 1 saturated heterocycles. The number of aryl methyl sites for hydroxylation is 1. The topological polar surface area (TPSA) is 58.6 Å². The van der Waals surface area contributed by atoms with Gasteiger partial charge in [0.2, 0.25) is 0 Å². The number of ether oxygens (including phenoxy) is 1. The summed E-state index contributed by atoms with van der Waals surface area (Å²) >= 11 is 16.1. The van der Waals surface area contributed by atoms with Crippen molar-refractivity contribution in [3.05, 3.63) is 103 Å². The highest BCUT2D eigenvalue weighted by atomic mass is 79.9. The van der Waals surface area contributed by atoms with Crippen molar-refractivity contribution in [1.29, 1.82) is 0 Å². The van der Waals surface area contributed by atoms with Gasteiger partial charge in [0.05, 0.1) is 16.0 Å². The number of nitrogens with one attached hydrogen (secondary N) is 1. The lowest BCUT2D eigenvalue weighted by atomic mass is 10.1. The molecule has 1 heterocycles. The molecule has 0 atom stereocenters. The number of carbonyl (C=O) groups excluding carboxylic acids is 2. The fourth-order valence-electron chi connectivity index (χ4n) is 3.44. The average molecular weight is 546 g/mol. The monoisotopic (exact) mass is 544 g/mol. The van der Waals surface area contributed by atoms with Crippen molar-refractivity contribution >= 4 is 57.1 Å². The van der Waals surface area contributed by atoms with Gasteiger partial charge in [-0.15, -0.1) is 0 Å². The molecule has 1 aliphatic rings. The van der Waals surface area contributed by atoms with Gasteiger partial charge in [0.25, 0.3) is 5.91 Å². The van der Waals surface area contributed by atoms with Gasteiger partial charge >= 0.3 is 6.03 Å². The molecule has 0 aromatic heterocycles. The average Bonchev–Trinajstić information content (AvgIpc) is 3.02. The summed E-state index contributed by atoms with van der Waals surface area (Å²) in [5.41, 5.74) is 3.59. The van der Waals surface area contributed by atoms with Crippen molar-refractivity contribution in [2.75, 3.05) is 0 Å². The van der Waals surface area contributed by atoms with Crippen molar-refractivity contribution in [2.24, 2.45) is 0 Å². The lowest BCUT2D eigenvalue weighted by molar-refractivity contribution is -0.123. The SMILES string of the molecule is Cc1cccc(CN2C(=O)N/C(=C/c3cc(Cl)c(OCc4ccccc4Cl)c(Br)c3)C2=O)c1. The van der Waals surface area contributed by atoms with Gasteiger partial charge in [-0.25, -0.2) is 4.79 Å². The van der Waals surface area contributed by atoms with Crippen LogP contribution in [-0.2, 0) is 17.9 Å². The molecule has 3 aromatic rings. The Morgan fingerprint density at radius 2 is 1.82 bits per heavy atom. The second-order valence-electron chi connectivity index (χ2n) is 7.56. The first kappa shape index (κ1) is 23.4. The molecule has 0 bridgehead atoms. The van der Waals surface area contributed by atoms with Gasteiger partial charge in [0, 0.05) is 10.6 Å². The molecule has 0 saturated carbocycles. The van der Waals surface area contributed by atoms with Crippen LogP contribution in [0.15, 0.2) is 70.8 Å². The van der Waals surface area contributed by atoms with E-state index in [1.54, 1.807) is 24.3 Å². The lowest BCUT2D eigenvalue weighted by Gasteiger charge is -2.12. The van der Waals surface area contributed by atoms with Crippen LogP contribution in [-0.4, -0.2) is 16.8 Å². The number of hydrogen-bond donors (Lipinski definition) is 1. The second kappa shape index (κ2) is 10.00. The highest BCUT2D eigenvalue weighted by molar-refractivity contribution is 9.10. The normalized spacial score (nSPS) is 14.7. The number of rotatable bonds is 6. The van der Waals surface area contributed by atoms with E-state index in [0.29, 0.717) is 25.8 Å². The molecule has 1 aliphatic heterocycles. The first-order chi connectivity index (χ1) is 15.8. The van der Waals surface area contributed by atoms with Crippen LogP contribution in [0.25, 0.3) is 6.08 Å². The Morgan fingerprint density at radius 1 is 1.03 bits per heavy atom. The van der Waals surface area contributed by atoms with Crippen LogP contribution in [0.1, 0.15) is 22.3 Å². The molecule has 0 spiro atoms. The van der Waals surface area contributed by atoms with E-state index in [-0.39, 0.29) is 18.8 Å². The Balaban J connectivity index is 1.51. The summed E-state index contributed by atoms with van der Waals surface area (Å²) in [6, 6.07) is 18.1. The highest BCUT2D eigenvalue weighted by Crippen LogP contribution is 2.36. The van der Waals surface area contributed by atoms with E-state index in [0.717, 1.165) is 16.7 Å². The number of amides is 3. The van der Waals surface area contributed by atoms with Crippen molar-refractivity contribution in [1.82, 2.24) is 10.2 Å². The number of carbonyl (C=O) groups is 2. The maximum absolute atomic E-state index is 12.8. The molecule has 8 heteroatoms. The summed E-state index contributed by atoms with van der Waals surface area (Å²) in [6.07, 6.45) is 1.59. The van der Waals surface area contributed by atoms with Crippen molar-refractivity contribution < 1.29 is 14.3 Å². The molecule has 5 nitrogen and oxygen atoms in total. The van der Waals surface area contributed by atoms with E-state index in [1.807, 2.05) is 49.4 Å². The van der Waals surface area contributed by atoms with Gasteiger partial charge in [-0.1, -0.05) is 71.2 Å². The fraction of sp³-hybridized carbons (Fsp3) is 0.120. The van der Waals surface area contributed by atoms with Gasteiger partial charge in [0.15, 0.2) is 5.75 Å². The Labute approximate surface area is 210 Å². The van der Waals surface area contributed by atoms with Crippen molar-refractivity contribution in [3.63, 3.8) is 0 Å². The van der Waals surface area contributed by atoms with Crippen molar-refractivity contribution in [3.8, 4) is 5.75 Å². The first-order valence-corrected chi connectivity index (χ1v) is 11.6. The predicted molar refractivity (Wildman–Crippen MR) is 133 cm³/mol. The number of hydrogen-bond acceptors (Lipinski definition) is 3. The van der Waals surface area contributed by atoms with Gasteiger partial charge in [-0.2, -0.15) is 0 Å². The third-order valence-electron chi connectivity index (χ3n) is 5.05. The molecule has 33 heavy (non-hydrogen) atoms. The van der Waals surface area contributed by atoms with E-state index in [9.17, 15) is 9.59 Å². The largest absolute Gasteiger partial charge is 0.486 e. The highest BCUT2D eigenvalue weighted by Gasteiger charge is 2.33. The molecular formula is C25H19BrCl2N2O3. The van der Waals surface area contributed by atoms with Crippen LogP contribution in [0.2, 0.25) is 10.0 Å². The smallest absolute Gasteiger partial charge is 0.329 e. The molecule has 0 unspecified atom stereocenters. The Hall–Kier alpha value is -2.80. The summed E-state index contributed by atoms with van der Waals surface area (Å²) < 4.78 is 6.48. The Kier molecular flexibility index (Phi) is 7.08. The number of halogens is 3. The van der Waals surface area contributed by atoms with E-state index in [4.69, 9.17) is 27.9 Å². The minimum Gasteiger partial charge on any atom is -0.486 e. The number of urea groups is 1. The zero-order valence-corrected chi connectivity index (χ0v) is 20.7. The second-order valence-corrected chi connectivity index (χ2v) is 9.23. The third-order valence-corrected chi connectivity index (χ3v) is 6.29. The maximum Gasteiger partial charge on any atom is 0.329 e. The summed E-state index contributed by atoms with van der Waals surface area (Å²) in [5.74, 6) is 0.0643. The van der Waals surface area contributed by atoms with Crippen LogP contribution in [0.3, 0.4) is 0 Å². The molecule has 3 aromatic carbocycles. The predicted octanol–water partition coefficient (Wildman–Crippen LogP) is 6.74. The standard InChI is InChI=1S/C25H19BrCl2N2O3/c1-15-5-4-6-16(9-15)13-30-24(31)22(29-25(30)32)12-17-10-19(26)23(21(28)11-17)33-14-18-7-2-3-8-20(18)27/h2-12H,13-14H2,1H3,(H,29,32)/b22-12+. The molecule has 4 rings (SSSR count). The molecule has 0 aliphatic carbocycles. The molecule has 1 N–H and O–H groups in total. The molecule has 168 valence electrons. The molecular weight excluding hydrogens is 527 g/mol. The maximum atomic E-state index is 12.8. The summed E-state index contributed by atoms with van der Waals surface area (Å²) in [7, 11) is 0. The lowest BCUT2D eigenvalue weighted by Crippen LogP contribution is -2.30. The van der Waals surface area contributed by atoms with Crippen molar-refractivity contribution in [2.45, 2.75) is 20.1 Å². The first-order valence-electron chi connectivity index (χ1n) is 10.1. The van der Waals surface area contributed by atoms with Crippen LogP contribution in [0.4, 0.5) is 4.79 Å². The minimum atomic E-state index is -0.461. The van der Waals surface area contributed by atoms with Crippen LogP contribution < -0.4 is 10.1 Å². The van der Waals surface area contributed by atoms with E-state index in [1.165, 1.54) is 4.90 Å². The molecule has 3 amide bonds. The van der Waals surface area contributed by atoms with E-state index >= 15 is 0 Å². The number of nitrogens with zero attached hydrogens (tertiary/aromatic N) is 1. The van der Waals surface area contributed by atoms with Crippen LogP contribution >= 0.6 is 39.1 Å². The fourth-order valence-corrected chi connectivity index (χ4v) is 4.62. The molecule has 1 fully saturated rings. The van der Waals surface area contributed by atoms with Gasteiger partial charge in [-0.05, 0) is 58.3 Å². The Morgan fingerprint density at radius 3 is 2.55 bits per heavy atom. The minimum absolute atomic E-state index is 0.181. The zero-order chi connectivity index (χ0) is 23.5. The zero-order valence-electron chi connectivity index (χ0n) is 17.6.